The maximum absolute atomic E-state index is 12.2. The van der Waals surface area contributed by atoms with Crippen molar-refractivity contribution in [3.8, 4) is 11.3 Å². The summed E-state index contributed by atoms with van der Waals surface area (Å²) in [6.07, 6.45) is 1.53. The molecule has 0 radical (unpaired) electrons. The van der Waals surface area contributed by atoms with Crippen LogP contribution in [0.4, 0.5) is 5.69 Å². The van der Waals surface area contributed by atoms with E-state index in [9.17, 15) is 4.79 Å². The number of amides is 1. The summed E-state index contributed by atoms with van der Waals surface area (Å²) >= 11 is 0. The zero-order valence-corrected chi connectivity index (χ0v) is 11.9. The Morgan fingerprint density at radius 1 is 1.04 bits per heavy atom. The molecule has 2 aromatic heterocycles. The van der Waals surface area contributed by atoms with Crippen LogP contribution in [0.25, 0.3) is 22.4 Å². The van der Waals surface area contributed by atoms with Gasteiger partial charge >= 0.3 is 5.91 Å². The third-order valence-corrected chi connectivity index (χ3v) is 3.33. The Hall–Kier alpha value is -3.48. The minimum atomic E-state index is -0.421. The Balaban J connectivity index is 1.56. The van der Waals surface area contributed by atoms with E-state index in [4.69, 9.17) is 4.42 Å². The highest BCUT2D eigenvalue weighted by molar-refractivity contribution is 6.02. The lowest BCUT2D eigenvalue weighted by molar-refractivity contribution is 0.0991. The number of H-pyrrole nitrogens is 1. The summed E-state index contributed by atoms with van der Waals surface area (Å²) in [5, 5.41) is 13.2. The van der Waals surface area contributed by atoms with E-state index in [1.165, 1.54) is 6.20 Å². The summed E-state index contributed by atoms with van der Waals surface area (Å²) in [5.41, 5.74) is 2.85. The number of fused-ring (bicyclic) bond motifs is 1. The van der Waals surface area contributed by atoms with E-state index in [-0.39, 0.29) is 5.89 Å². The minimum Gasteiger partial charge on any atom is -0.432 e. The van der Waals surface area contributed by atoms with E-state index in [1.807, 2.05) is 30.3 Å². The topological polar surface area (TPSA) is 96.7 Å². The van der Waals surface area contributed by atoms with E-state index < -0.39 is 5.91 Å². The van der Waals surface area contributed by atoms with Crippen molar-refractivity contribution in [1.29, 1.82) is 0 Å². The Bertz CT molecular complexity index is 974. The fraction of sp³-hybridized carbons (Fsp3) is 0. The molecule has 2 aromatic carbocycles. The predicted molar refractivity (Wildman–Crippen MR) is 83.8 cm³/mol. The van der Waals surface area contributed by atoms with Crippen LogP contribution >= 0.6 is 0 Å². The lowest BCUT2D eigenvalue weighted by atomic mass is 10.2. The van der Waals surface area contributed by atoms with Gasteiger partial charge in [-0.2, -0.15) is 15.4 Å². The molecular weight excluding hydrogens is 294 g/mol. The Morgan fingerprint density at radius 3 is 2.74 bits per heavy atom. The summed E-state index contributed by atoms with van der Waals surface area (Å²) < 4.78 is 5.52. The van der Waals surface area contributed by atoms with E-state index >= 15 is 0 Å². The second-order valence-corrected chi connectivity index (χ2v) is 4.88. The van der Waals surface area contributed by atoms with Gasteiger partial charge in [0.2, 0.25) is 0 Å². The van der Waals surface area contributed by atoms with Gasteiger partial charge in [0.15, 0.2) is 5.76 Å². The molecule has 0 aliphatic heterocycles. The maximum Gasteiger partial charge on any atom is 0.311 e. The van der Waals surface area contributed by atoms with E-state index in [0.29, 0.717) is 17.0 Å². The minimum absolute atomic E-state index is 0.00380. The molecule has 0 atom stereocenters. The standard InChI is InChI=1S/C16H11N5O2/c22-15(18-11-6-7-12-13(8-11)20-21-19-12)16-17-9-14(23-16)10-4-2-1-3-5-10/h1-9H,(H,18,22)(H,19,20,21). The Morgan fingerprint density at radius 2 is 1.87 bits per heavy atom. The van der Waals surface area contributed by atoms with E-state index in [0.717, 1.165) is 11.1 Å². The normalized spacial score (nSPS) is 10.8. The van der Waals surface area contributed by atoms with Crippen LogP contribution in [-0.2, 0) is 0 Å². The highest BCUT2D eigenvalue weighted by atomic mass is 16.4. The smallest absolute Gasteiger partial charge is 0.311 e. The van der Waals surface area contributed by atoms with Crippen molar-refractivity contribution in [2.75, 3.05) is 5.32 Å². The number of benzene rings is 2. The van der Waals surface area contributed by atoms with Crippen LogP contribution < -0.4 is 5.32 Å². The van der Waals surface area contributed by atoms with Gasteiger partial charge in [0.1, 0.15) is 11.0 Å². The van der Waals surface area contributed by atoms with Crippen LogP contribution in [0, 0.1) is 0 Å². The molecule has 0 bridgehead atoms. The SMILES string of the molecule is O=C(Nc1ccc2n[nH]nc2c1)c1ncc(-c2ccccc2)o1. The third kappa shape index (κ3) is 2.55. The van der Waals surface area contributed by atoms with Crippen molar-refractivity contribution in [2.24, 2.45) is 0 Å². The van der Waals surface area contributed by atoms with Gasteiger partial charge in [-0.25, -0.2) is 4.98 Å². The summed E-state index contributed by atoms with van der Waals surface area (Å²) in [7, 11) is 0. The van der Waals surface area contributed by atoms with Gasteiger partial charge in [-0.3, -0.25) is 4.79 Å². The van der Waals surface area contributed by atoms with Crippen LogP contribution in [0.2, 0.25) is 0 Å². The van der Waals surface area contributed by atoms with Crippen molar-refractivity contribution < 1.29 is 9.21 Å². The van der Waals surface area contributed by atoms with Gasteiger partial charge in [-0.1, -0.05) is 30.3 Å². The molecule has 1 amide bonds. The number of oxazole rings is 1. The van der Waals surface area contributed by atoms with Crippen molar-refractivity contribution in [3.63, 3.8) is 0 Å². The summed E-state index contributed by atoms with van der Waals surface area (Å²) in [4.78, 5) is 16.3. The first-order chi connectivity index (χ1) is 11.3. The number of carbonyl (C=O) groups is 1. The van der Waals surface area contributed by atoms with Crippen LogP contribution in [0.1, 0.15) is 10.7 Å². The molecule has 4 aromatic rings. The number of aromatic nitrogens is 4. The van der Waals surface area contributed by atoms with Crippen LogP contribution in [0.15, 0.2) is 59.1 Å². The predicted octanol–water partition coefficient (Wildman–Crippen LogP) is 2.87. The van der Waals surface area contributed by atoms with Crippen molar-refractivity contribution in [1.82, 2.24) is 20.4 Å². The van der Waals surface area contributed by atoms with Gasteiger partial charge in [0, 0.05) is 11.3 Å². The highest BCUT2D eigenvalue weighted by Crippen LogP contribution is 2.21. The fourth-order valence-corrected chi connectivity index (χ4v) is 2.22. The fourth-order valence-electron chi connectivity index (χ4n) is 2.22. The Kier molecular flexibility index (Phi) is 3.09. The largest absolute Gasteiger partial charge is 0.432 e. The molecule has 112 valence electrons. The number of rotatable bonds is 3. The number of hydrogen-bond acceptors (Lipinski definition) is 5. The zero-order valence-electron chi connectivity index (χ0n) is 11.9. The van der Waals surface area contributed by atoms with Crippen LogP contribution in [-0.4, -0.2) is 26.3 Å². The molecule has 4 rings (SSSR count). The summed E-state index contributed by atoms with van der Waals surface area (Å²) in [6, 6.07) is 14.7. The molecule has 7 nitrogen and oxygen atoms in total. The Labute approximate surface area is 130 Å². The van der Waals surface area contributed by atoms with E-state index in [1.54, 1.807) is 18.2 Å². The number of carbonyl (C=O) groups excluding carboxylic acids is 1. The molecule has 2 N–H and O–H groups in total. The second kappa shape index (κ2) is 5.38. The number of nitrogens with one attached hydrogen (secondary N) is 2. The van der Waals surface area contributed by atoms with E-state index in [2.05, 4.69) is 25.7 Å². The number of nitrogens with zero attached hydrogens (tertiary/aromatic N) is 3. The zero-order chi connectivity index (χ0) is 15.6. The molecule has 0 unspecified atom stereocenters. The second-order valence-electron chi connectivity index (χ2n) is 4.88. The quantitative estimate of drug-likeness (QED) is 0.606. The lowest BCUT2D eigenvalue weighted by Gasteiger charge is -2.01. The van der Waals surface area contributed by atoms with Crippen molar-refractivity contribution in [2.45, 2.75) is 0 Å². The summed E-state index contributed by atoms with van der Waals surface area (Å²) in [6.45, 7) is 0. The lowest BCUT2D eigenvalue weighted by Crippen LogP contribution is -2.12. The average molecular weight is 305 g/mol. The molecule has 0 aliphatic carbocycles. The molecule has 23 heavy (non-hydrogen) atoms. The van der Waals surface area contributed by atoms with Crippen molar-refractivity contribution in [3.05, 3.63) is 60.6 Å². The number of anilines is 1. The van der Waals surface area contributed by atoms with Gasteiger partial charge < -0.3 is 9.73 Å². The number of aromatic amines is 1. The first-order valence-electron chi connectivity index (χ1n) is 6.93. The molecule has 0 saturated heterocycles. The third-order valence-electron chi connectivity index (χ3n) is 3.33. The number of hydrogen-bond donors (Lipinski definition) is 2. The maximum atomic E-state index is 12.2. The van der Waals surface area contributed by atoms with Crippen LogP contribution in [0.3, 0.4) is 0 Å². The molecule has 0 spiro atoms. The molecule has 0 fully saturated rings. The molecule has 2 heterocycles. The molecule has 0 saturated carbocycles. The first kappa shape index (κ1) is 13.2. The van der Waals surface area contributed by atoms with Crippen LogP contribution in [0.5, 0.6) is 0 Å². The monoisotopic (exact) mass is 305 g/mol. The van der Waals surface area contributed by atoms with Gasteiger partial charge in [-0.05, 0) is 18.2 Å². The highest BCUT2D eigenvalue weighted by Gasteiger charge is 2.14. The van der Waals surface area contributed by atoms with Gasteiger partial charge in [0.05, 0.1) is 6.20 Å². The summed E-state index contributed by atoms with van der Waals surface area (Å²) in [5.74, 6) is 0.127. The van der Waals surface area contributed by atoms with Gasteiger partial charge in [0.25, 0.3) is 5.89 Å². The average Bonchev–Trinajstić information content (AvgIpc) is 3.24. The van der Waals surface area contributed by atoms with Gasteiger partial charge in [-0.15, -0.1) is 0 Å². The molecule has 0 aliphatic rings. The molecule has 7 heteroatoms. The molecular formula is C16H11N5O2. The first-order valence-corrected chi connectivity index (χ1v) is 6.93. The van der Waals surface area contributed by atoms with Crippen molar-refractivity contribution >= 4 is 22.6 Å².